The van der Waals surface area contributed by atoms with Crippen LogP contribution in [0.3, 0.4) is 0 Å². The van der Waals surface area contributed by atoms with Crippen LogP contribution >= 0.6 is 0 Å². The fraction of sp³-hybridized carbons (Fsp3) is 0.941. The topological polar surface area (TPSA) is 44.8 Å². The van der Waals surface area contributed by atoms with Gasteiger partial charge in [0.1, 0.15) is 5.60 Å². The maximum absolute atomic E-state index is 12.6. The first-order valence-corrected chi connectivity index (χ1v) is 8.74. The molecule has 1 N–H and O–H groups in total. The summed E-state index contributed by atoms with van der Waals surface area (Å²) in [6.45, 7) is 8.90. The summed E-state index contributed by atoms with van der Waals surface area (Å²) in [5.41, 5.74) is -0.553. The summed E-state index contributed by atoms with van der Waals surface area (Å²) in [7, 11) is 4.26. The lowest BCUT2D eigenvalue weighted by atomic mass is 9.85. The van der Waals surface area contributed by atoms with Crippen molar-refractivity contribution in [1.82, 2.24) is 15.1 Å². The maximum atomic E-state index is 12.6. The number of amides is 1. The average Bonchev–Trinajstić information content (AvgIpc) is 2.53. The fourth-order valence-electron chi connectivity index (χ4n) is 3.61. The molecular formula is C17H33N3O2. The Morgan fingerprint density at radius 1 is 1.23 bits per heavy atom. The third kappa shape index (κ3) is 3.81. The SMILES string of the molecule is CCN1CCC(CNC(=O)C2(C)CCCCO2)(N(C)C)CC1. The molecule has 2 heterocycles. The highest BCUT2D eigenvalue weighted by Crippen LogP contribution is 2.28. The van der Waals surface area contributed by atoms with E-state index in [9.17, 15) is 4.79 Å². The van der Waals surface area contributed by atoms with Crippen LogP contribution in [0.2, 0.25) is 0 Å². The van der Waals surface area contributed by atoms with E-state index in [1.165, 1.54) is 0 Å². The fourth-order valence-corrected chi connectivity index (χ4v) is 3.61. The molecule has 0 spiro atoms. The van der Waals surface area contributed by atoms with Gasteiger partial charge >= 0.3 is 0 Å². The van der Waals surface area contributed by atoms with Gasteiger partial charge in [-0.1, -0.05) is 6.92 Å². The maximum Gasteiger partial charge on any atom is 0.252 e. The molecule has 0 radical (unpaired) electrons. The minimum atomic E-state index is -0.629. The number of hydrogen-bond donors (Lipinski definition) is 1. The monoisotopic (exact) mass is 311 g/mol. The number of likely N-dealkylation sites (tertiary alicyclic amines) is 1. The van der Waals surface area contributed by atoms with Gasteiger partial charge in [-0.3, -0.25) is 4.79 Å². The van der Waals surface area contributed by atoms with Crippen molar-refractivity contribution in [1.29, 1.82) is 0 Å². The molecule has 5 heteroatoms. The van der Waals surface area contributed by atoms with Crippen LogP contribution in [-0.2, 0) is 9.53 Å². The Morgan fingerprint density at radius 3 is 2.41 bits per heavy atom. The van der Waals surface area contributed by atoms with E-state index < -0.39 is 5.60 Å². The minimum absolute atomic E-state index is 0.0614. The van der Waals surface area contributed by atoms with Crippen LogP contribution in [0.15, 0.2) is 0 Å². The molecule has 0 aromatic carbocycles. The van der Waals surface area contributed by atoms with Crippen LogP contribution in [0.4, 0.5) is 0 Å². The summed E-state index contributed by atoms with van der Waals surface area (Å²) < 4.78 is 5.76. The molecule has 0 aromatic heterocycles. The van der Waals surface area contributed by atoms with Gasteiger partial charge in [0.25, 0.3) is 5.91 Å². The zero-order chi connectivity index (χ0) is 16.2. The number of ether oxygens (including phenoxy) is 1. The zero-order valence-corrected chi connectivity index (χ0v) is 14.8. The smallest absolute Gasteiger partial charge is 0.252 e. The Balaban J connectivity index is 1.93. The second-order valence-electron chi connectivity index (χ2n) is 7.27. The highest BCUT2D eigenvalue weighted by atomic mass is 16.5. The van der Waals surface area contributed by atoms with Crippen molar-refractivity contribution < 1.29 is 9.53 Å². The molecule has 1 atom stereocenters. The number of nitrogens with one attached hydrogen (secondary N) is 1. The number of carbonyl (C=O) groups excluding carboxylic acids is 1. The largest absolute Gasteiger partial charge is 0.365 e. The molecule has 2 aliphatic heterocycles. The van der Waals surface area contributed by atoms with Crippen LogP contribution in [0.5, 0.6) is 0 Å². The average molecular weight is 311 g/mol. The normalized spacial score (nSPS) is 29.5. The van der Waals surface area contributed by atoms with Crippen LogP contribution < -0.4 is 5.32 Å². The van der Waals surface area contributed by atoms with E-state index in [-0.39, 0.29) is 11.4 Å². The van der Waals surface area contributed by atoms with E-state index >= 15 is 0 Å². The first-order valence-electron chi connectivity index (χ1n) is 8.74. The van der Waals surface area contributed by atoms with Crippen LogP contribution in [0.1, 0.15) is 46.0 Å². The third-order valence-corrected chi connectivity index (χ3v) is 5.71. The zero-order valence-electron chi connectivity index (χ0n) is 14.8. The molecule has 2 rings (SSSR count). The lowest BCUT2D eigenvalue weighted by molar-refractivity contribution is -0.151. The van der Waals surface area contributed by atoms with Gasteiger partial charge in [-0.25, -0.2) is 0 Å². The van der Waals surface area contributed by atoms with Crippen molar-refractivity contribution in [3.05, 3.63) is 0 Å². The molecule has 0 aliphatic carbocycles. The van der Waals surface area contributed by atoms with Gasteiger partial charge in [-0.2, -0.15) is 0 Å². The molecular weight excluding hydrogens is 278 g/mol. The number of piperidine rings is 1. The summed E-state index contributed by atoms with van der Waals surface area (Å²) >= 11 is 0. The molecule has 22 heavy (non-hydrogen) atoms. The summed E-state index contributed by atoms with van der Waals surface area (Å²) in [6.07, 6.45) is 5.18. The van der Waals surface area contributed by atoms with E-state index in [0.29, 0.717) is 6.61 Å². The van der Waals surface area contributed by atoms with E-state index in [4.69, 9.17) is 4.74 Å². The first-order chi connectivity index (χ1) is 10.4. The molecule has 5 nitrogen and oxygen atoms in total. The van der Waals surface area contributed by atoms with Gasteiger partial charge in [-0.05, 0) is 72.8 Å². The van der Waals surface area contributed by atoms with Crippen molar-refractivity contribution in [2.45, 2.75) is 57.1 Å². The van der Waals surface area contributed by atoms with E-state index in [1.807, 2.05) is 6.92 Å². The Labute approximate surface area is 135 Å². The van der Waals surface area contributed by atoms with Gasteiger partial charge in [0.05, 0.1) is 0 Å². The lowest BCUT2D eigenvalue weighted by Crippen LogP contribution is -2.60. The first kappa shape index (κ1) is 17.7. The Morgan fingerprint density at radius 2 is 1.91 bits per heavy atom. The van der Waals surface area contributed by atoms with Gasteiger partial charge in [0.15, 0.2) is 0 Å². The predicted molar refractivity (Wildman–Crippen MR) is 89.0 cm³/mol. The number of rotatable bonds is 5. The molecule has 0 bridgehead atoms. The van der Waals surface area contributed by atoms with Crippen LogP contribution in [0.25, 0.3) is 0 Å². The summed E-state index contributed by atoms with van der Waals surface area (Å²) in [5.74, 6) is 0.0614. The minimum Gasteiger partial charge on any atom is -0.365 e. The van der Waals surface area contributed by atoms with Gasteiger partial charge in [-0.15, -0.1) is 0 Å². The van der Waals surface area contributed by atoms with Crippen molar-refractivity contribution in [3.8, 4) is 0 Å². The van der Waals surface area contributed by atoms with E-state index in [2.05, 4.69) is 36.1 Å². The van der Waals surface area contributed by atoms with Gasteiger partial charge in [0, 0.05) is 18.7 Å². The molecule has 2 fully saturated rings. The van der Waals surface area contributed by atoms with E-state index in [1.54, 1.807) is 0 Å². The van der Waals surface area contributed by atoms with Gasteiger partial charge in [0.2, 0.25) is 0 Å². The highest BCUT2D eigenvalue weighted by Gasteiger charge is 2.40. The number of carbonyl (C=O) groups is 1. The number of hydrogen-bond acceptors (Lipinski definition) is 4. The molecule has 2 saturated heterocycles. The summed E-state index contributed by atoms with van der Waals surface area (Å²) in [4.78, 5) is 17.4. The van der Waals surface area contributed by atoms with Crippen molar-refractivity contribution >= 4 is 5.91 Å². The van der Waals surface area contributed by atoms with Crippen molar-refractivity contribution in [3.63, 3.8) is 0 Å². The van der Waals surface area contributed by atoms with Crippen molar-refractivity contribution in [2.75, 3.05) is 46.9 Å². The summed E-state index contributed by atoms with van der Waals surface area (Å²) in [6, 6.07) is 0. The standard InChI is InChI=1S/C17H33N3O2/c1-5-20-11-9-17(10-12-20,19(3)4)14-18-15(21)16(2)8-6-7-13-22-16/h5-14H2,1-4H3,(H,18,21). The van der Waals surface area contributed by atoms with Gasteiger partial charge < -0.3 is 19.9 Å². The third-order valence-electron chi connectivity index (χ3n) is 5.71. The quantitative estimate of drug-likeness (QED) is 0.835. The van der Waals surface area contributed by atoms with E-state index in [0.717, 1.165) is 58.3 Å². The van der Waals surface area contributed by atoms with Crippen LogP contribution in [-0.4, -0.2) is 73.7 Å². The second kappa shape index (κ2) is 7.28. The highest BCUT2D eigenvalue weighted by molar-refractivity contribution is 5.84. The Hall–Kier alpha value is -0.650. The molecule has 128 valence electrons. The molecule has 2 aliphatic rings. The number of nitrogens with zero attached hydrogens (tertiary/aromatic N) is 2. The molecule has 1 unspecified atom stereocenters. The Bertz CT molecular complexity index is 370. The molecule has 0 saturated carbocycles. The molecule has 0 aromatic rings. The number of likely N-dealkylation sites (N-methyl/N-ethyl adjacent to an activating group) is 1. The van der Waals surface area contributed by atoms with Crippen molar-refractivity contribution in [2.24, 2.45) is 0 Å². The second-order valence-corrected chi connectivity index (χ2v) is 7.27. The lowest BCUT2D eigenvalue weighted by Gasteiger charge is -2.46. The van der Waals surface area contributed by atoms with Crippen LogP contribution in [0, 0.1) is 0 Å². The Kier molecular flexibility index (Phi) is 5.86. The molecule has 1 amide bonds. The summed E-state index contributed by atoms with van der Waals surface area (Å²) in [5, 5.41) is 3.19. The predicted octanol–water partition coefficient (Wildman–Crippen LogP) is 1.48.